The fourth-order valence-electron chi connectivity index (χ4n) is 1.90. The van der Waals surface area contributed by atoms with Crippen molar-refractivity contribution in [3.8, 4) is 0 Å². The van der Waals surface area contributed by atoms with Crippen LogP contribution in [0.1, 0.15) is 0 Å². The Labute approximate surface area is 134 Å². The first kappa shape index (κ1) is 15.0. The van der Waals surface area contributed by atoms with E-state index < -0.39 is 15.8 Å². The highest BCUT2D eigenvalue weighted by atomic mass is 35.5. The summed E-state index contributed by atoms with van der Waals surface area (Å²) in [6, 6.07) is 8.86. The molecule has 2 aromatic carbocycles. The van der Waals surface area contributed by atoms with Crippen LogP contribution in [0, 0.1) is 0 Å². The molecule has 2 N–H and O–H groups in total. The van der Waals surface area contributed by atoms with Crippen molar-refractivity contribution < 1.29 is 12.8 Å². The zero-order valence-corrected chi connectivity index (χ0v) is 13.1. The van der Waals surface area contributed by atoms with E-state index in [4.69, 9.17) is 27.6 Å². The van der Waals surface area contributed by atoms with Gasteiger partial charge in [0.05, 0.1) is 21.2 Å². The van der Waals surface area contributed by atoms with Crippen LogP contribution in [0.3, 0.4) is 0 Å². The molecule has 0 saturated heterocycles. The lowest BCUT2D eigenvalue weighted by Crippen LogP contribution is -2.13. The molecule has 6 nitrogen and oxygen atoms in total. The minimum absolute atomic E-state index is 0.0518. The third-order valence-corrected chi connectivity index (χ3v) is 5.04. The number of hydrogen-bond donors (Lipinski definition) is 2. The van der Waals surface area contributed by atoms with Gasteiger partial charge in [0.1, 0.15) is 4.90 Å². The lowest BCUT2D eigenvalue weighted by atomic mass is 10.3. The van der Waals surface area contributed by atoms with Crippen molar-refractivity contribution in [1.82, 2.24) is 4.98 Å². The van der Waals surface area contributed by atoms with E-state index >= 15 is 0 Å². The molecule has 0 aliphatic heterocycles. The predicted octanol–water partition coefficient (Wildman–Crippen LogP) is 3.23. The Morgan fingerprint density at radius 2 is 1.82 bits per heavy atom. The van der Waals surface area contributed by atoms with Crippen molar-refractivity contribution >= 4 is 50.0 Å². The molecule has 1 heterocycles. The Hall–Kier alpha value is -1.96. The molecular formula is C13H8Cl2N2O4S. The summed E-state index contributed by atoms with van der Waals surface area (Å²) in [5, 5.41) is 0.195. The first-order valence-electron chi connectivity index (χ1n) is 5.96. The summed E-state index contributed by atoms with van der Waals surface area (Å²) in [6.45, 7) is 0. The number of aromatic nitrogens is 1. The Morgan fingerprint density at radius 1 is 1.09 bits per heavy atom. The molecule has 0 saturated carbocycles. The van der Waals surface area contributed by atoms with Crippen LogP contribution < -0.4 is 10.5 Å². The summed E-state index contributed by atoms with van der Waals surface area (Å²) in [6.07, 6.45) is 0. The quantitative estimate of drug-likeness (QED) is 0.751. The van der Waals surface area contributed by atoms with Crippen LogP contribution >= 0.6 is 23.2 Å². The van der Waals surface area contributed by atoms with Gasteiger partial charge in [-0.05, 0) is 18.2 Å². The van der Waals surface area contributed by atoms with Gasteiger partial charge >= 0.3 is 5.76 Å². The summed E-state index contributed by atoms with van der Waals surface area (Å²) < 4.78 is 32.1. The van der Waals surface area contributed by atoms with Gasteiger partial charge < -0.3 is 4.42 Å². The second-order valence-electron chi connectivity index (χ2n) is 4.38. The number of oxazole rings is 1. The molecular weight excluding hydrogens is 351 g/mol. The third kappa shape index (κ3) is 2.70. The molecule has 0 atom stereocenters. The zero-order chi connectivity index (χ0) is 15.9. The highest BCUT2D eigenvalue weighted by Crippen LogP contribution is 2.29. The lowest BCUT2D eigenvalue weighted by molar-refractivity contribution is 0.554. The Bertz CT molecular complexity index is 1020. The smallest absolute Gasteiger partial charge is 0.408 e. The maximum atomic E-state index is 12.4. The number of anilines is 1. The second-order valence-corrected chi connectivity index (χ2v) is 6.84. The molecule has 0 bridgehead atoms. The molecule has 0 aliphatic rings. The van der Waals surface area contributed by atoms with Gasteiger partial charge in [-0.3, -0.25) is 9.71 Å². The average molecular weight is 359 g/mol. The van der Waals surface area contributed by atoms with E-state index in [0.29, 0.717) is 5.52 Å². The van der Waals surface area contributed by atoms with Crippen molar-refractivity contribution in [2.75, 3.05) is 4.72 Å². The molecule has 114 valence electrons. The average Bonchev–Trinajstić information content (AvgIpc) is 2.79. The number of benzene rings is 2. The highest BCUT2D eigenvalue weighted by Gasteiger charge is 2.21. The summed E-state index contributed by atoms with van der Waals surface area (Å²) in [4.78, 5) is 13.3. The molecule has 1 aromatic heterocycles. The van der Waals surface area contributed by atoms with Crippen LogP contribution in [0.25, 0.3) is 11.1 Å². The van der Waals surface area contributed by atoms with Gasteiger partial charge in [0.2, 0.25) is 0 Å². The zero-order valence-electron chi connectivity index (χ0n) is 10.8. The Balaban J connectivity index is 2.10. The molecule has 9 heteroatoms. The van der Waals surface area contributed by atoms with Crippen molar-refractivity contribution in [2.45, 2.75) is 4.90 Å². The molecule has 22 heavy (non-hydrogen) atoms. The maximum absolute atomic E-state index is 12.4. The minimum Gasteiger partial charge on any atom is -0.408 e. The third-order valence-electron chi connectivity index (χ3n) is 2.88. The van der Waals surface area contributed by atoms with Gasteiger partial charge in [-0.2, -0.15) is 0 Å². The largest absolute Gasteiger partial charge is 0.417 e. The van der Waals surface area contributed by atoms with Crippen LogP contribution in [0.4, 0.5) is 5.69 Å². The fraction of sp³-hybridized carbons (Fsp3) is 0. The number of sulfonamides is 1. The van der Waals surface area contributed by atoms with Crippen molar-refractivity contribution in [1.29, 1.82) is 0 Å². The van der Waals surface area contributed by atoms with E-state index in [1.807, 2.05) is 0 Å². The standard InChI is InChI=1S/C13H8Cl2N2O4S/c14-7-3-1-2-4-9(7)17-22(19,20)12-6-11-10(5-8(12)15)16-13(18)21-11/h1-6,17H,(H,16,18). The molecule has 3 rings (SSSR count). The molecule has 0 radical (unpaired) electrons. The van der Waals surface area contributed by atoms with Crippen LogP contribution in [-0.2, 0) is 10.0 Å². The second kappa shape index (κ2) is 5.35. The lowest BCUT2D eigenvalue weighted by Gasteiger charge is -2.10. The van der Waals surface area contributed by atoms with E-state index in [-0.39, 0.29) is 26.2 Å². The SMILES string of the molecule is O=c1[nH]c2cc(Cl)c(S(=O)(=O)Nc3ccccc3Cl)cc2o1. The van der Waals surface area contributed by atoms with Crippen molar-refractivity contribution in [2.24, 2.45) is 0 Å². The Kier molecular flexibility index (Phi) is 3.64. The number of hydrogen-bond acceptors (Lipinski definition) is 4. The predicted molar refractivity (Wildman–Crippen MR) is 84.1 cm³/mol. The van der Waals surface area contributed by atoms with Crippen LogP contribution in [0.15, 0.2) is 50.5 Å². The van der Waals surface area contributed by atoms with E-state index in [1.165, 1.54) is 18.2 Å². The van der Waals surface area contributed by atoms with Crippen LogP contribution in [0.5, 0.6) is 0 Å². The minimum atomic E-state index is -3.99. The van der Waals surface area contributed by atoms with Gasteiger partial charge in [-0.25, -0.2) is 13.2 Å². The van der Waals surface area contributed by atoms with E-state index in [1.54, 1.807) is 18.2 Å². The molecule has 0 spiro atoms. The number of aromatic amines is 1. The van der Waals surface area contributed by atoms with E-state index in [0.717, 1.165) is 0 Å². The van der Waals surface area contributed by atoms with Crippen LogP contribution in [-0.4, -0.2) is 13.4 Å². The van der Waals surface area contributed by atoms with Gasteiger partial charge in [0.25, 0.3) is 10.0 Å². The van der Waals surface area contributed by atoms with Gasteiger partial charge in [-0.1, -0.05) is 35.3 Å². The van der Waals surface area contributed by atoms with Gasteiger partial charge in [-0.15, -0.1) is 0 Å². The van der Waals surface area contributed by atoms with E-state index in [2.05, 4.69) is 9.71 Å². The first-order chi connectivity index (χ1) is 10.4. The Morgan fingerprint density at radius 3 is 2.55 bits per heavy atom. The molecule has 0 amide bonds. The number of para-hydroxylation sites is 1. The topological polar surface area (TPSA) is 92.2 Å². The van der Waals surface area contributed by atoms with Crippen LogP contribution in [0.2, 0.25) is 10.0 Å². The number of halogens is 2. The number of fused-ring (bicyclic) bond motifs is 1. The maximum Gasteiger partial charge on any atom is 0.417 e. The number of nitrogens with one attached hydrogen (secondary N) is 2. The molecule has 0 aliphatic carbocycles. The fourth-order valence-corrected chi connectivity index (χ4v) is 3.76. The van der Waals surface area contributed by atoms with Crippen molar-refractivity contribution in [3.05, 3.63) is 57.0 Å². The summed E-state index contributed by atoms with van der Waals surface area (Å²) in [7, 11) is -3.99. The first-order valence-corrected chi connectivity index (χ1v) is 8.20. The number of rotatable bonds is 3. The summed E-state index contributed by atoms with van der Waals surface area (Å²) in [5.41, 5.74) is 0.622. The normalized spacial score (nSPS) is 11.7. The van der Waals surface area contributed by atoms with Gasteiger partial charge in [0.15, 0.2) is 5.58 Å². The summed E-state index contributed by atoms with van der Waals surface area (Å²) >= 11 is 11.9. The molecule has 0 unspecified atom stereocenters. The highest BCUT2D eigenvalue weighted by molar-refractivity contribution is 7.92. The van der Waals surface area contributed by atoms with Gasteiger partial charge in [0, 0.05) is 6.07 Å². The number of H-pyrrole nitrogens is 1. The van der Waals surface area contributed by atoms with E-state index in [9.17, 15) is 13.2 Å². The molecule has 0 fully saturated rings. The monoisotopic (exact) mass is 358 g/mol. The molecule has 3 aromatic rings. The van der Waals surface area contributed by atoms with Crippen molar-refractivity contribution in [3.63, 3.8) is 0 Å². The summed E-state index contributed by atoms with van der Waals surface area (Å²) in [5.74, 6) is -0.695.